The maximum Gasteiger partial charge on any atom is 0.350 e. The van der Waals surface area contributed by atoms with Gasteiger partial charge in [-0.3, -0.25) is 0 Å². The molecule has 14 heavy (non-hydrogen) atoms. The fourth-order valence-corrected chi connectivity index (χ4v) is 1.41. The number of nitrogens with two attached hydrogens (primary N) is 1. The van der Waals surface area contributed by atoms with E-state index >= 15 is 0 Å². The van der Waals surface area contributed by atoms with Crippen LogP contribution in [-0.4, -0.2) is 14.3 Å². The summed E-state index contributed by atoms with van der Waals surface area (Å²) < 4.78 is 1.38. The first-order valence-electron chi connectivity index (χ1n) is 3.99. The summed E-state index contributed by atoms with van der Waals surface area (Å²) in [6, 6.07) is 3.31. The minimum absolute atomic E-state index is 0.0349. The van der Waals surface area contributed by atoms with Crippen LogP contribution in [-0.2, 0) is 0 Å². The maximum atomic E-state index is 10.7. The van der Waals surface area contributed by atoms with Crippen molar-refractivity contribution in [1.82, 2.24) is 9.38 Å². The van der Waals surface area contributed by atoms with E-state index in [9.17, 15) is 10.1 Å². The Labute approximate surface area is 79.1 Å². The third-order valence-corrected chi connectivity index (χ3v) is 2.00. The molecule has 0 saturated heterocycles. The van der Waals surface area contributed by atoms with Crippen molar-refractivity contribution in [1.29, 1.82) is 0 Å². The van der Waals surface area contributed by atoms with E-state index in [1.165, 1.54) is 4.40 Å². The Hall–Kier alpha value is -2.11. The molecule has 0 fully saturated rings. The van der Waals surface area contributed by atoms with Crippen LogP contribution in [0, 0.1) is 17.0 Å². The largest absolute Gasteiger partial charge is 0.394 e. The topological polar surface area (TPSA) is 86.5 Å². The van der Waals surface area contributed by atoms with Crippen LogP contribution in [0.15, 0.2) is 18.3 Å². The molecule has 0 aliphatic heterocycles. The number of imidazole rings is 1. The van der Waals surface area contributed by atoms with Crippen LogP contribution in [0.2, 0.25) is 0 Å². The molecule has 0 atom stereocenters. The highest BCUT2D eigenvalue weighted by Crippen LogP contribution is 2.22. The molecule has 6 heteroatoms. The number of nitrogens with zero attached hydrogens (tertiary/aromatic N) is 3. The number of pyridine rings is 1. The lowest BCUT2D eigenvalue weighted by atomic mass is 10.4. The standard InChI is InChI=1S/C8H8N4O2/c1-5-8(12(13)14)11-4-2-3-6(9)7(11)10-5/h2-4H,9H2,1H3. The average molecular weight is 192 g/mol. The number of nitro groups is 1. The molecular formula is C8H8N4O2. The van der Waals surface area contributed by atoms with Crippen molar-refractivity contribution in [3.8, 4) is 0 Å². The number of anilines is 1. The zero-order valence-corrected chi connectivity index (χ0v) is 7.47. The Balaban J connectivity index is 2.90. The fraction of sp³-hybridized carbons (Fsp3) is 0.125. The van der Waals surface area contributed by atoms with Gasteiger partial charge in [0.25, 0.3) is 0 Å². The van der Waals surface area contributed by atoms with Crippen LogP contribution in [0.1, 0.15) is 5.69 Å². The maximum absolute atomic E-state index is 10.7. The molecular weight excluding hydrogens is 184 g/mol. The van der Waals surface area contributed by atoms with Gasteiger partial charge in [0, 0.05) is 0 Å². The van der Waals surface area contributed by atoms with Gasteiger partial charge >= 0.3 is 5.82 Å². The van der Waals surface area contributed by atoms with Gasteiger partial charge in [0.1, 0.15) is 11.4 Å². The van der Waals surface area contributed by atoms with Gasteiger partial charge in [-0.2, -0.15) is 4.40 Å². The lowest BCUT2D eigenvalue weighted by molar-refractivity contribution is -0.390. The van der Waals surface area contributed by atoms with Gasteiger partial charge in [-0.1, -0.05) is 0 Å². The van der Waals surface area contributed by atoms with Gasteiger partial charge in [-0.15, -0.1) is 0 Å². The molecule has 0 radical (unpaired) electrons. The molecule has 0 bridgehead atoms. The number of rotatable bonds is 1. The SMILES string of the molecule is Cc1nc2c(N)cccn2c1[N+](=O)[O-]. The highest BCUT2D eigenvalue weighted by atomic mass is 16.6. The number of aryl methyl sites for hydroxylation is 1. The van der Waals surface area contributed by atoms with Gasteiger partial charge in [0.2, 0.25) is 5.65 Å². The first-order valence-corrected chi connectivity index (χ1v) is 3.99. The molecule has 0 saturated carbocycles. The number of hydrogen-bond acceptors (Lipinski definition) is 4. The van der Waals surface area contributed by atoms with Crippen molar-refractivity contribution >= 4 is 17.2 Å². The van der Waals surface area contributed by atoms with E-state index < -0.39 is 4.92 Å². The Bertz CT molecular complexity index is 517. The lowest BCUT2D eigenvalue weighted by Gasteiger charge is -1.94. The van der Waals surface area contributed by atoms with Crippen LogP contribution in [0.5, 0.6) is 0 Å². The summed E-state index contributed by atoms with van der Waals surface area (Å²) in [5.74, 6) is -0.0349. The Morgan fingerprint density at radius 2 is 2.36 bits per heavy atom. The molecule has 2 aromatic heterocycles. The van der Waals surface area contributed by atoms with E-state index in [2.05, 4.69) is 4.98 Å². The lowest BCUT2D eigenvalue weighted by Crippen LogP contribution is -1.96. The van der Waals surface area contributed by atoms with Crippen molar-refractivity contribution < 1.29 is 4.92 Å². The summed E-state index contributed by atoms with van der Waals surface area (Å²) in [5.41, 5.74) is 6.86. The molecule has 0 aromatic carbocycles. The quantitative estimate of drug-likeness (QED) is 0.542. The number of fused-ring (bicyclic) bond motifs is 1. The molecule has 2 aromatic rings. The summed E-state index contributed by atoms with van der Waals surface area (Å²) >= 11 is 0. The summed E-state index contributed by atoms with van der Waals surface area (Å²) in [5, 5.41) is 10.7. The second kappa shape index (κ2) is 2.69. The van der Waals surface area contributed by atoms with Crippen molar-refractivity contribution in [2.24, 2.45) is 0 Å². The summed E-state index contributed by atoms with van der Waals surface area (Å²) in [6.07, 6.45) is 1.57. The first kappa shape index (κ1) is 8.49. The monoisotopic (exact) mass is 192 g/mol. The van der Waals surface area contributed by atoms with E-state index in [1.807, 2.05) is 0 Å². The first-order chi connectivity index (χ1) is 6.61. The minimum atomic E-state index is -0.464. The van der Waals surface area contributed by atoms with E-state index in [4.69, 9.17) is 5.73 Å². The molecule has 2 N–H and O–H groups in total. The number of aromatic nitrogens is 2. The van der Waals surface area contributed by atoms with E-state index in [0.29, 0.717) is 17.0 Å². The van der Waals surface area contributed by atoms with Crippen LogP contribution >= 0.6 is 0 Å². The van der Waals surface area contributed by atoms with Crippen LogP contribution < -0.4 is 5.73 Å². The predicted molar refractivity (Wildman–Crippen MR) is 51.0 cm³/mol. The van der Waals surface area contributed by atoms with E-state index in [1.54, 1.807) is 25.3 Å². The zero-order chi connectivity index (χ0) is 10.3. The van der Waals surface area contributed by atoms with Gasteiger partial charge in [0.15, 0.2) is 0 Å². The van der Waals surface area contributed by atoms with Crippen molar-refractivity contribution in [3.63, 3.8) is 0 Å². The van der Waals surface area contributed by atoms with Gasteiger partial charge < -0.3 is 15.8 Å². The molecule has 2 heterocycles. The molecule has 2 rings (SSSR count). The van der Waals surface area contributed by atoms with Gasteiger partial charge in [0.05, 0.1) is 6.20 Å². The molecule has 0 aliphatic rings. The van der Waals surface area contributed by atoms with Crippen molar-refractivity contribution in [2.45, 2.75) is 6.92 Å². The number of nitrogen functional groups attached to an aromatic ring is 1. The second-order valence-electron chi connectivity index (χ2n) is 2.94. The molecule has 0 aliphatic carbocycles. The molecule has 72 valence electrons. The second-order valence-corrected chi connectivity index (χ2v) is 2.94. The highest BCUT2D eigenvalue weighted by Gasteiger charge is 2.19. The number of hydrogen-bond donors (Lipinski definition) is 1. The van der Waals surface area contributed by atoms with Crippen molar-refractivity contribution in [3.05, 3.63) is 34.1 Å². The average Bonchev–Trinajstić information content (AvgIpc) is 2.42. The predicted octanol–water partition coefficient (Wildman–Crippen LogP) is 1.13. The molecule has 0 unspecified atom stereocenters. The molecule has 0 spiro atoms. The third-order valence-electron chi connectivity index (χ3n) is 2.00. The van der Waals surface area contributed by atoms with Gasteiger partial charge in [-0.25, -0.2) is 4.98 Å². The Kier molecular flexibility index (Phi) is 1.63. The van der Waals surface area contributed by atoms with Crippen LogP contribution in [0.3, 0.4) is 0 Å². The zero-order valence-electron chi connectivity index (χ0n) is 7.47. The summed E-state index contributed by atoms with van der Waals surface area (Å²) in [6.45, 7) is 1.59. The van der Waals surface area contributed by atoms with Crippen LogP contribution in [0.4, 0.5) is 11.5 Å². The van der Waals surface area contributed by atoms with Crippen molar-refractivity contribution in [2.75, 3.05) is 5.73 Å². The summed E-state index contributed by atoms with van der Waals surface area (Å²) in [7, 11) is 0. The van der Waals surface area contributed by atoms with E-state index in [-0.39, 0.29) is 5.82 Å². The fourth-order valence-electron chi connectivity index (χ4n) is 1.41. The Morgan fingerprint density at radius 3 is 3.00 bits per heavy atom. The van der Waals surface area contributed by atoms with Gasteiger partial charge in [-0.05, 0) is 24.0 Å². The molecule has 0 amide bonds. The Morgan fingerprint density at radius 1 is 1.64 bits per heavy atom. The molecule has 6 nitrogen and oxygen atoms in total. The minimum Gasteiger partial charge on any atom is -0.394 e. The van der Waals surface area contributed by atoms with Crippen LogP contribution in [0.25, 0.3) is 5.65 Å². The normalized spacial score (nSPS) is 10.6. The highest BCUT2D eigenvalue weighted by molar-refractivity contribution is 5.67. The smallest absolute Gasteiger partial charge is 0.350 e. The third kappa shape index (κ3) is 1.00. The summed E-state index contributed by atoms with van der Waals surface area (Å²) in [4.78, 5) is 14.3. The van der Waals surface area contributed by atoms with E-state index in [0.717, 1.165) is 0 Å².